The van der Waals surface area contributed by atoms with E-state index in [0.717, 1.165) is 22.6 Å². The number of nitrogens with one attached hydrogen (secondary N) is 1. The van der Waals surface area contributed by atoms with Gasteiger partial charge in [-0.2, -0.15) is 0 Å². The van der Waals surface area contributed by atoms with Gasteiger partial charge < -0.3 is 14.6 Å². The van der Waals surface area contributed by atoms with Crippen LogP contribution in [0.2, 0.25) is 0 Å². The lowest BCUT2D eigenvalue weighted by atomic mass is 10.1. The first kappa shape index (κ1) is 21.5. The zero-order valence-electron chi connectivity index (χ0n) is 16.9. The molecule has 0 bridgehead atoms. The Hall–Kier alpha value is -3.17. The fourth-order valence-corrected chi connectivity index (χ4v) is 3.39. The second-order valence-corrected chi connectivity index (χ2v) is 8.49. The predicted octanol–water partition coefficient (Wildman–Crippen LogP) is 3.01. The number of hydrogen-bond donors (Lipinski definition) is 2. The Labute approximate surface area is 175 Å². The van der Waals surface area contributed by atoms with E-state index in [4.69, 9.17) is 14.4 Å². The maximum absolute atomic E-state index is 12.5. The van der Waals surface area contributed by atoms with Crippen molar-refractivity contribution in [3.8, 4) is 5.75 Å². The number of amides is 1. The zero-order chi connectivity index (χ0) is 21.9. The summed E-state index contributed by atoms with van der Waals surface area (Å²) >= 11 is 0. The number of hydrogen-bond acceptors (Lipinski definition) is 6. The van der Waals surface area contributed by atoms with Crippen LogP contribution in [0.3, 0.4) is 0 Å². The third-order valence-corrected chi connectivity index (χ3v) is 5.67. The summed E-state index contributed by atoms with van der Waals surface area (Å²) in [5.41, 5.74) is 2.93. The van der Waals surface area contributed by atoms with Gasteiger partial charge in [0, 0.05) is 5.56 Å². The highest BCUT2D eigenvalue weighted by atomic mass is 32.2. The van der Waals surface area contributed by atoms with E-state index in [1.165, 1.54) is 12.1 Å². The SMILES string of the molecule is Cc1noc(C)c1COc1ccc(C(=O)N[C@H](C)c2ccc(S(N)(=O)=O)cc2)cc1. The molecule has 0 radical (unpaired) electrons. The molecular weight excluding hydrogens is 406 g/mol. The van der Waals surface area contributed by atoms with Crippen LogP contribution >= 0.6 is 0 Å². The Morgan fingerprint density at radius 1 is 1.13 bits per heavy atom. The molecule has 1 atom stereocenters. The van der Waals surface area contributed by atoms with E-state index < -0.39 is 10.0 Å². The number of nitrogens with zero attached hydrogens (tertiary/aromatic N) is 1. The molecule has 158 valence electrons. The van der Waals surface area contributed by atoms with Crippen molar-refractivity contribution >= 4 is 15.9 Å². The second-order valence-electron chi connectivity index (χ2n) is 6.92. The molecule has 0 aliphatic rings. The van der Waals surface area contributed by atoms with Gasteiger partial charge in [0.25, 0.3) is 5.91 Å². The number of rotatable bonds is 7. The summed E-state index contributed by atoms with van der Waals surface area (Å²) in [6, 6.07) is 12.5. The van der Waals surface area contributed by atoms with Crippen LogP contribution in [0.25, 0.3) is 0 Å². The number of aryl methyl sites for hydroxylation is 2. The Bertz CT molecular complexity index is 1120. The zero-order valence-corrected chi connectivity index (χ0v) is 17.7. The molecule has 3 aromatic rings. The third kappa shape index (κ3) is 5.05. The van der Waals surface area contributed by atoms with Crippen molar-refractivity contribution < 1.29 is 22.5 Å². The van der Waals surface area contributed by atoms with Crippen LogP contribution < -0.4 is 15.2 Å². The first-order valence-electron chi connectivity index (χ1n) is 9.23. The molecule has 0 saturated heterocycles. The Balaban J connectivity index is 1.60. The standard InChI is InChI=1S/C21H23N3O5S/c1-13(16-6-10-19(11-7-16)30(22,26)27)23-21(25)17-4-8-18(9-5-17)28-12-20-14(2)24-29-15(20)3/h4-11,13H,12H2,1-3H3,(H,23,25)(H2,22,26,27)/t13-/m1/s1. The van der Waals surface area contributed by atoms with Crippen molar-refractivity contribution in [1.29, 1.82) is 0 Å². The van der Waals surface area contributed by atoms with Crippen molar-refractivity contribution in [1.82, 2.24) is 10.5 Å². The molecule has 1 amide bonds. The van der Waals surface area contributed by atoms with Crippen LogP contribution in [0.1, 0.15) is 45.9 Å². The van der Waals surface area contributed by atoms with Gasteiger partial charge in [-0.15, -0.1) is 0 Å². The number of ether oxygens (including phenoxy) is 1. The lowest BCUT2D eigenvalue weighted by Gasteiger charge is -2.15. The van der Waals surface area contributed by atoms with E-state index in [0.29, 0.717) is 17.9 Å². The summed E-state index contributed by atoms with van der Waals surface area (Å²) in [5.74, 6) is 1.09. The van der Waals surface area contributed by atoms with E-state index in [1.54, 1.807) is 36.4 Å². The fourth-order valence-electron chi connectivity index (χ4n) is 2.88. The van der Waals surface area contributed by atoms with Crippen LogP contribution in [-0.2, 0) is 16.6 Å². The quantitative estimate of drug-likeness (QED) is 0.595. The van der Waals surface area contributed by atoms with Crippen LogP contribution in [0, 0.1) is 13.8 Å². The number of primary sulfonamides is 1. The maximum Gasteiger partial charge on any atom is 0.251 e. The largest absolute Gasteiger partial charge is 0.489 e. The lowest BCUT2D eigenvalue weighted by Crippen LogP contribution is -2.26. The number of carbonyl (C=O) groups is 1. The molecule has 3 rings (SSSR count). The van der Waals surface area contributed by atoms with Crippen molar-refractivity contribution in [3.63, 3.8) is 0 Å². The smallest absolute Gasteiger partial charge is 0.251 e. The molecule has 1 heterocycles. The highest BCUT2D eigenvalue weighted by Gasteiger charge is 2.14. The van der Waals surface area contributed by atoms with Crippen LogP contribution in [0.15, 0.2) is 57.9 Å². The fraction of sp³-hybridized carbons (Fsp3) is 0.238. The van der Waals surface area contributed by atoms with Crippen molar-refractivity contribution in [2.45, 2.75) is 38.3 Å². The van der Waals surface area contributed by atoms with Gasteiger partial charge in [0.15, 0.2) is 0 Å². The van der Waals surface area contributed by atoms with Gasteiger partial charge >= 0.3 is 0 Å². The summed E-state index contributed by atoms with van der Waals surface area (Å²) < 4.78 is 33.5. The molecule has 9 heteroatoms. The molecule has 30 heavy (non-hydrogen) atoms. The van der Waals surface area contributed by atoms with Gasteiger partial charge in [0.2, 0.25) is 10.0 Å². The van der Waals surface area contributed by atoms with Crippen molar-refractivity contribution in [2.75, 3.05) is 0 Å². The number of nitrogens with two attached hydrogens (primary N) is 1. The third-order valence-electron chi connectivity index (χ3n) is 4.74. The Morgan fingerprint density at radius 2 is 1.77 bits per heavy atom. The average molecular weight is 429 g/mol. The molecule has 0 spiro atoms. The first-order valence-corrected chi connectivity index (χ1v) is 10.8. The molecule has 0 aliphatic heterocycles. The summed E-state index contributed by atoms with van der Waals surface area (Å²) in [5, 5.41) is 11.9. The Morgan fingerprint density at radius 3 is 2.30 bits per heavy atom. The molecule has 0 aliphatic carbocycles. The molecule has 1 aromatic heterocycles. The highest BCUT2D eigenvalue weighted by molar-refractivity contribution is 7.89. The van der Waals surface area contributed by atoms with Gasteiger partial charge in [0.05, 0.1) is 22.2 Å². The number of carbonyl (C=O) groups excluding carboxylic acids is 1. The van der Waals surface area contributed by atoms with E-state index in [-0.39, 0.29) is 16.8 Å². The molecule has 2 aromatic carbocycles. The highest BCUT2D eigenvalue weighted by Crippen LogP contribution is 2.19. The second kappa shape index (κ2) is 8.68. The lowest BCUT2D eigenvalue weighted by molar-refractivity contribution is 0.0940. The number of sulfonamides is 1. The molecule has 0 unspecified atom stereocenters. The Kier molecular flexibility index (Phi) is 6.23. The van der Waals surface area contributed by atoms with Crippen LogP contribution in [0.4, 0.5) is 0 Å². The molecule has 0 saturated carbocycles. The molecule has 3 N–H and O–H groups in total. The minimum absolute atomic E-state index is 0.0250. The number of aromatic nitrogens is 1. The van der Waals surface area contributed by atoms with Gasteiger partial charge in [-0.25, -0.2) is 13.6 Å². The van der Waals surface area contributed by atoms with E-state index in [2.05, 4.69) is 10.5 Å². The average Bonchev–Trinajstić information content (AvgIpc) is 3.03. The first-order chi connectivity index (χ1) is 14.1. The van der Waals surface area contributed by atoms with E-state index >= 15 is 0 Å². The summed E-state index contributed by atoms with van der Waals surface area (Å²) in [7, 11) is -3.75. The molecule has 8 nitrogen and oxygen atoms in total. The number of benzene rings is 2. The van der Waals surface area contributed by atoms with E-state index in [1.807, 2.05) is 20.8 Å². The molecular formula is C21H23N3O5S. The minimum atomic E-state index is -3.75. The summed E-state index contributed by atoms with van der Waals surface area (Å²) in [4.78, 5) is 12.5. The molecule has 0 fully saturated rings. The predicted molar refractivity (Wildman–Crippen MR) is 110 cm³/mol. The normalized spacial score (nSPS) is 12.4. The van der Waals surface area contributed by atoms with Gasteiger partial charge in [-0.05, 0) is 62.7 Å². The monoisotopic (exact) mass is 429 g/mol. The van der Waals surface area contributed by atoms with E-state index in [9.17, 15) is 13.2 Å². The van der Waals surface area contributed by atoms with Crippen molar-refractivity contribution in [2.24, 2.45) is 5.14 Å². The van der Waals surface area contributed by atoms with Gasteiger partial charge in [-0.1, -0.05) is 17.3 Å². The maximum atomic E-state index is 12.5. The van der Waals surface area contributed by atoms with Crippen LogP contribution in [0.5, 0.6) is 5.75 Å². The van der Waals surface area contributed by atoms with Gasteiger partial charge in [0.1, 0.15) is 18.1 Å². The summed E-state index contributed by atoms with van der Waals surface area (Å²) in [6.07, 6.45) is 0. The summed E-state index contributed by atoms with van der Waals surface area (Å²) in [6.45, 7) is 5.82. The van der Waals surface area contributed by atoms with Crippen LogP contribution in [-0.4, -0.2) is 19.5 Å². The van der Waals surface area contributed by atoms with Crippen molar-refractivity contribution in [3.05, 3.63) is 76.7 Å². The topological polar surface area (TPSA) is 125 Å². The minimum Gasteiger partial charge on any atom is -0.489 e. The van der Waals surface area contributed by atoms with Gasteiger partial charge in [-0.3, -0.25) is 4.79 Å².